The Morgan fingerprint density at radius 1 is 1.29 bits per heavy atom. The fraction of sp³-hybridized carbons (Fsp3) is 0.273. The van der Waals surface area contributed by atoms with Gasteiger partial charge in [0.2, 0.25) is 5.91 Å². The van der Waals surface area contributed by atoms with Gasteiger partial charge >= 0.3 is 0 Å². The van der Waals surface area contributed by atoms with Gasteiger partial charge in [-0.25, -0.2) is 4.98 Å². The van der Waals surface area contributed by atoms with Gasteiger partial charge in [0, 0.05) is 22.4 Å². The highest BCUT2D eigenvalue weighted by Crippen LogP contribution is 2.40. The molecule has 0 radical (unpaired) electrons. The van der Waals surface area contributed by atoms with Crippen LogP contribution in [-0.4, -0.2) is 23.5 Å². The molecule has 0 spiro atoms. The number of halogens is 1. The van der Waals surface area contributed by atoms with Gasteiger partial charge in [0.15, 0.2) is 0 Å². The molecule has 1 aliphatic heterocycles. The molecule has 1 atom stereocenters. The van der Waals surface area contributed by atoms with Crippen molar-refractivity contribution in [3.8, 4) is 16.9 Å². The first-order valence-electron chi connectivity index (χ1n) is 9.22. The van der Waals surface area contributed by atoms with Gasteiger partial charge in [-0.3, -0.25) is 4.79 Å². The third-order valence-corrected chi connectivity index (χ3v) is 5.81. The van der Waals surface area contributed by atoms with E-state index in [1.165, 1.54) is 11.1 Å². The Labute approximate surface area is 173 Å². The van der Waals surface area contributed by atoms with Crippen molar-refractivity contribution in [1.82, 2.24) is 10.3 Å². The van der Waals surface area contributed by atoms with E-state index in [2.05, 4.69) is 29.4 Å². The summed E-state index contributed by atoms with van der Waals surface area (Å²) >= 11 is 7.58. The van der Waals surface area contributed by atoms with E-state index in [0.29, 0.717) is 18.0 Å². The van der Waals surface area contributed by atoms with Gasteiger partial charge in [-0.1, -0.05) is 29.8 Å². The van der Waals surface area contributed by atoms with Gasteiger partial charge in [-0.05, 0) is 48.7 Å². The summed E-state index contributed by atoms with van der Waals surface area (Å²) in [7, 11) is 0. The summed E-state index contributed by atoms with van der Waals surface area (Å²) in [6.07, 6.45) is 1.02. The van der Waals surface area contributed by atoms with Crippen molar-refractivity contribution in [2.45, 2.75) is 32.8 Å². The SMILES string of the molecule is Cc1cc2c(c(-c3ccc(Cl)cc3)c1)OC(CNC(=O)Cc1csc(C)n1)C2. The summed E-state index contributed by atoms with van der Waals surface area (Å²) in [6.45, 7) is 4.51. The zero-order valence-corrected chi connectivity index (χ0v) is 17.4. The summed E-state index contributed by atoms with van der Waals surface area (Å²) in [6, 6.07) is 12.1. The second kappa shape index (κ2) is 7.94. The average molecular weight is 413 g/mol. The van der Waals surface area contributed by atoms with E-state index < -0.39 is 0 Å². The van der Waals surface area contributed by atoms with Crippen LogP contribution in [0.3, 0.4) is 0 Å². The third-order valence-electron chi connectivity index (χ3n) is 4.73. The number of benzene rings is 2. The average Bonchev–Trinajstić information content (AvgIpc) is 3.25. The van der Waals surface area contributed by atoms with Crippen molar-refractivity contribution >= 4 is 28.8 Å². The molecule has 0 saturated carbocycles. The van der Waals surface area contributed by atoms with Crippen molar-refractivity contribution in [3.05, 3.63) is 68.6 Å². The number of fused-ring (bicyclic) bond motifs is 1. The molecular weight excluding hydrogens is 392 g/mol. The van der Waals surface area contributed by atoms with E-state index in [0.717, 1.165) is 34.0 Å². The molecule has 3 aromatic rings. The molecule has 1 aromatic heterocycles. The smallest absolute Gasteiger partial charge is 0.226 e. The van der Waals surface area contributed by atoms with Crippen LogP contribution < -0.4 is 10.1 Å². The van der Waals surface area contributed by atoms with Gasteiger partial charge in [-0.2, -0.15) is 0 Å². The molecule has 0 bridgehead atoms. The quantitative estimate of drug-likeness (QED) is 0.658. The van der Waals surface area contributed by atoms with E-state index in [4.69, 9.17) is 16.3 Å². The van der Waals surface area contributed by atoms with Gasteiger partial charge in [0.25, 0.3) is 0 Å². The van der Waals surface area contributed by atoms with E-state index in [9.17, 15) is 4.79 Å². The molecule has 144 valence electrons. The summed E-state index contributed by atoms with van der Waals surface area (Å²) in [5.74, 6) is 0.876. The summed E-state index contributed by atoms with van der Waals surface area (Å²) in [5.41, 5.74) is 5.33. The number of nitrogens with zero attached hydrogens (tertiary/aromatic N) is 1. The first-order chi connectivity index (χ1) is 13.5. The van der Waals surface area contributed by atoms with Crippen molar-refractivity contribution < 1.29 is 9.53 Å². The second-order valence-corrected chi connectivity index (χ2v) is 8.59. The lowest BCUT2D eigenvalue weighted by Crippen LogP contribution is -2.35. The number of thiazole rings is 1. The molecule has 4 rings (SSSR count). The van der Waals surface area contributed by atoms with E-state index in [1.807, 2.05) is 36.6 Å². The maximum atomic E-state index is 12.2. The standard InChI is InChI=1S/C22H21ClN2O2S/c1-13-7-16-9-19(11-24-21(26)10-18-12-28-14(2)25-18)27-22(16)20(8-13)15-3-5-17(23)6-4-15/h3-8,12,19H,9-11H2,1-2H3,(H,24,26). The summed E-state index contributed by atoms with van der Waals surface area (Å²) in [5, 5.41) is 6.60. The Morgan fingerprint density at radius 2 is 2.07 bits per heavy atom. The normalized spacial score (nSPS) is 15.2. The van der Waals surface area contributed by atoms with Crippen molar-refractivity contribution in [2.75, 3.05) is 6.54 Å². The highest BCUT2D eigenvalue weighted by Gasteiger charge is 2.26. The lowest BCUT2D eigenvalue weighted by atomic mass is 9.98. The summed E-state index contributed by atoms with van der Waals surface area (Å²) in [4.78, 5) is 16.6. The fourth-order valence-electron chi connectivity index (χ4n) is 3.49. The second-order valence-electron chi connectivity index (χ2n) is 7.09. The Hall–Kier alpha value is -2.37. The molecule has 0 aliphatic carbocycles. The maximum Gasteiger partial charge on any atom is 0.226 e. The number of hydrogen-bond acceptors (Lipinski definition) is 4. The molecule has 1 amide bonds. The molecule has 2 aromatic carbocycles. The largest absolute Gasteiger partial charge is 0.487 e. The zero-order valence-electron chi connectivity index (χ0n) is 15.8. The first kappa shape index (κ1) is 19.0. The maximum absolute atomic E-state index is 12.2. The minimum Gasteiger partial charge on any atom is -0.487 e. The van der Waals surface area contributed by atoms with Crippen molar-refractivity contribution in [2.24, 2.45) is 0 Å². The molecule has 6 heteroatoms. The molecule has 1 unspecified atom stereocenters. The Bertz CT molecular complexity index is 1010. The number of amides is 1. The number of nitrogens with one attached hydrogen (secondary N) is 1. The van der Waals surface area contributed by atoms with Gasteiger partial charge in [-0.15, -0.1) is 11.3 Å². The number of carbonyl (C=O) groups excluding carboxylic acids is 1. The molecule has 1 N–H and O–H groups in total. The summed E-state index contributed by atoms with van der Waals surface area (Å²) < 4.78 is 6.22. The van der Waals surface area contributed by atoms with E-state index >= 15 is 0 Å². The van der Waals surface area contributed by atoms with Gasteiger partial charge < -0.3 is 10.1 Å². The predicted octanol–water partition coefficient (Wildman–Crippen LogP) is 4.74. The molecular formula is C22H21ClN2O2S. The zero-order chi connectivity index (χ0) is 19.7. The number of rotatable bonds is 5. The monoisotopic (exact) mass is 412 g/mol. The van der Waals surface area contributed by atoms with Crippen LogP contribution in [0.4, 0.5) is 0 Å². The minimum absolute atomic E-state index is 0.0287. The minimum atomic E-state index is -0.0658. The van der Waals surface area contributed by atoms with Crippen LogP contribution in [0, 0.1) is 13.8 Å². The van der Waals surface area contributed by atoms with Crippen LogP contribution in [0.1, 0.15) is 21.8 Å². The lowest BCUT2D eigenvalue weighted by Gasteiger charge is -2.14. The number of carbonyl (C=O) groups is 1. The highest BCUT2D eigenvalue weighted by atomic mass is 35.5. The Kier molecular flexibility index (Phi) is 5.38. The topological polar surface area (TPSA) is 51.2 Å². The fourth-order valence-corrected chi connectivity index (χ4v) is 4.23. The van der Waals surface area contributed by atoms with Crippen LogP contribution >= 0.6 is 22.9 Å². The molecule has 28 heavy (non-hydrogen) atoms. The van der Waals surface area contributed by atoms with Crippen LogP contribution in [-0.2, 0) is 17.6 Å². The lowest BCUT2D eigenvalue weighted by molar-refractivity contribution is -0.120. The predicted molar refractivity (Wildman–Crippen MR) is 113 cm³/mol. The molecule has 2 heterocycles. The highest BCUT2D eigenvalue weighted by molar-refractivity contribution is 7.09. The molecule has 1 aliphatic rings. The number of aromatic nitrogens is 1. The van der Waals surface area contributed by atoms with Gasteiger partial charge in [0.05, 0.1) is 23.7 Å². The van der Waals surface area contributed by atoms with E-state index in [1.54, 1.807) is 11.3 Å². The Balaban J connectivity index is 1.44. The molecule has 4 nitrogen and oxygen atoms in total. The number of ether oxygens (including phenoxy) is 1. The van der Waals surface area contributed by atoms with E-state index in [-0.39, 0.29) is 12.0 Å². The number of hydrogen-bond donors (Lipinski definition) is 1. The third kappa shape index (κ3) is 4.21. The van der Waals surface area contributed by atoms with Crippen molar-refractivity contribution in [1.29, 1.82) is 0 Å². The molecule has 0 fully saturated rings. The first-order valence-corrected chi connectivity index (χ1v) is 10.5. The Morgan fingerprint density at radius 3 is 2.79 bits per heavy atom. The van der Waals surface area contributed by atoms with Crippen LogP contribution in [0.15, 0.2) is 41.8 Å². The van der Waals surface area contributed by atoms with Crippen molar-refractivity contribution in [3.63, 3.8) is 0 Å². The van der Waals surface area contributed by atoms with Gasteiger partial charge in [0.1, 0.15) is 11.9 Å². The van der Waals surface area contributed by atoms with Crippen LogP contribution in [0.2, 0.25) is 5.02 Å². The number of aryl methyl sites for hydroxylation is 2. The molecule has 0 saturated heterocycles. The van der Waals surface area contributed by atoms with Crippen LogP contribution in [0.25, 0.3) is 11.1 Å². The van der Waals surface area contributed by atoms with Crippen LogP contribution in [0.5, 0.6) is 5.75 Å².